The Morgan fingerprint density at radius 3 is 2.78 bits per heavy atom. The molecule has 1 aliphatic carbocycles. The van der Waals surface area contributed by atoms with Crippen LogP contribution in [0, 0.1) is 0 Å². The molecule has 18 heavy (non-hydrogen) atoms. The number of aromatic carboxylic acids is 1. The Balaban J connectivity index is 2.11. The second kappa shape index (κ2) is 4.24. The molecule has 1 N–H and O–H groups in total. The number of halogens is 1. The number of nitrogens with zero attached hydrogens (tertiary/aromatic N) is 3. The first-order valence-corrected chi connectivity index (χ1v) is 6.32. The van der Waals surface area contributed by atoms with Gasteiger partial charge in [0.15, 0.2) is 11.3 Å². The number of rotatable bonds is 2. The Morgan fingerprint density at radius 2 is 2.11 bits per heavy atom. The number of carbonyl (C=O) groups is 1. The van der Waals surface area contributed by atoms with Gasteiger partial charge >= 0.3 is 5.97 Å². The summed E-state index contributed by atoms with van der Waals surface area (Å²) in [5.41, 5.74) is 1.41. The fourth-order valence-corrected chi connectivity index (χ4v) is 2.73. The van der Waals surface area contributed by atoms with Gasteiger partial charge in [-0.25, -0.2) is 14.3 Å². The lowest BCUT2D eigenvalue weighted by Crippen LogP contribution is -2.01. The zero-order chi connectivity index (χ0) is 12.7. The monoisotopic (exact) mass is 265 g/mol. The summed E-state index contributed by atoms with van der Waals surface area (Å²) in [6.07, 6.45) is 4.68. The summed E-state index contributed by atoms with van der Waals surface area (Å²) in [6.45, 7) is 0. The van der Waals surface area contributed by atoms with Gasteiger partial charge in [0.25, 0.3) is 0 Å². The van der Waals surface area contributed by atoms with Gasteiger partial charge in [-0.1, -0.05) is 24.4 Å². The lowest BCUT2D eigenvalue weighted by atomic mass is 10.0. The van der Waals surface area contributed by atoms with Crippen LogP contribution in [0.4, 0.5) is 0 Å². The fraction of sp³-hybridized carbons (Fsp3) is 0.417. The maximum atomic E-state index is 10.9. The summed E-state index contributed by atoms with van der Waals surface area (Å²) in [5, 5.41) is 13.2. The van der Waals surface area contributed by atoms with Gasteiger partial charge in [-0.2, -0.15) is 5.10 Å². The van der Waals surface area contributed by atoms with E-state index in [-0.39, 0.29) is 5.69 Å². The molecule has 2 aromatic rings. The van der Waals surface area contributed by atoms with Gasteiger partial charge in [-0.05, 0) is 18.9 Å². The molecule has 0 atom stereocenters. The third-order valence-corrected chi connectivity index (χ3v) is 3.67. The molecule has 0 aromatic carbocycles. The van der Waals surface area contributed by atoms with Crippen molar-refractivity contribution in [1.82, 2.24) is 14.6 Å². The molecule has 2 heterocycles. The van der Waals surface area contributed by atoms with Crippen LogP contribution >= 0.6 is 11.6 Å². The van der Waals surface area contributed by atoms with E-state index in [4.69, 9.17) is 16.7 Å². The molecule has 1 fully saturated rings. The molecule has 0 unspecified atom stereocenters. The summed E-state index contributed by atoms with van der Waals surface area (Å²) in [5.74, 6) is -0.630. The van der Waals surface area contributed by atoms with Crippen LogP contribution in [-0.2, 0) is 0 Å². The van der Waals surface area contributed by atoms with Crippen LogP contribution in [0.2, 0.25) is 5.15 Å². The van der Waals surface area contributed by atoms with Gasteiger partial charge in [-0.3, -0.25) is 0 Å². The summed E-state index contributed by atoms with van der Waals surface area (Å²) < 4.78 is 1.36. The van der Waals surface area contributed by atoms with Crippen molar-refractivity contribution in [2.24, 2.45) is 0 Å². The van der Waals surface area contributed by atoms with Gasteiger partial charge < -0.3 is 5.11 Å². The normalized spacial score (nSPS) is 16.5. The van der Waals surface area contributed by atoms with E-state index in [0.29, 0.717) is 16.7 Å². The van der Waals surface area contributed by atoms with E-state index in [0.717, 1.165) is 18.5 Å². The largest absolute Gasteiger partial charge is 0.476 e. The molecular weight excluding hydrogens is 254 g/mol. The predicted octanol–water partition coefficient (Wildman–Crippen LogP) is 2.74. The van der Waals surface area contributed by atoms with Crippen LogP contribution in [0.15, 0.2) is 12.1 Å². The molecule has 0 amide bonds. The zero-order valence-corrected chi connectivity index (χ0v) is 10.4. The Hall–Kier alpha value is -1.62. The van der Waals surface area contributed by atoms with E-state index in [1.54, 1.807) is 6.07 Å². The van der Waals surface area contributed by atoms with Crippen molar-refractivity contribution in [2.75, 3.05) is 0 Å². The SMILES string of the molecule is O=C(O)c1cc2nc(C3CCCC3)cc(Cl)n2n1. The molecule has 0 radical (unpaired) electrons. The van der Waals surface area contributed by atoms with Crippen molar-refractivity contribution in [2.45, 2.75) is 31.6 Å². The second-order valence-corrected chi connectivity index (χ2v) is 4.98. The van der Waals surface area contributed by atoms with Gasteiger partial charge in [0.1, 0.15) is 5.15 Å². The molecule has 1 saturated carbocycles. The molecule has 5 nitrogen and oxygen atoms in total. The van der Waals surface area contributed by atoms with E-state index in [9.17, 15) is 4.79 Å². The first-order chi connectivity index (χ1) is 8.65. The molecule has 3 rings (SSSR count). The Kier molecular flexibility index (Phi) is 2.70. The summed E-state index contributed by atoms with van der Waals surface area (Å²) in [7, 11) is 0. The summed E-state index contributed by atoms with van der Waals surface area (Å²) in [4.78, 5) is 15.4. The van der Waals surface area contributed by atoms with E-state index < -0.39 is 5.97 Å². The number of carboxylic acids is 1. The molecule has 0 spiro atoms. The van der Waals surface area contributed by atoms with Crippen LogP contribution in [-0.4, -0.2) is 25.7 Å². The van der Waals surface area contributed by atoms with E-state index in [1.165, 1.54) is 23.4 Å². The van der Waals surface area contributed by atoms with E-state index in [1.807, 2.05) is 0 Å². The zero-order valence-electron chi connectivity index (χ0n) is 9.64. The summed E-state index contributed by atoms with van der Waals surface area (Å²) >= 11 is 6.13. The molecule has 0 aliphatic heterocycles. The topological polar surface area (TPSA) is 67.5 Å². The average molecular weight is 266 g/mol. The molecule has 6 heteroatoms. The van der Waals surface area contributed by atoms with Crippen molar-refractivity contribution >= 4 is 23.2 Å². The Bertz CT molecular complexity index is 617. The van der Waals surface area contributed by atoms with Crippen LogP contribution < -0.4 is 0 Å². The maximum absolute atomic E-state index is 10.9. The minimum atomic E-state index is -1.07. The highest BCUT2D eigenvalue weighted by Gasteiger charge is 2.21. The van der Waals surface area contributed by atoms with Gasteiger partial charge in [0.2, 0.25) is 0 Å². The minimum Gasteiger partial charge on any atom is -0.476 e. The average Bonchev–Trinajstić information content (AvgIpc) is 2.97. The number of hydrogen-bond acceptors (Lipinski definition) is 3. The second-order valence-electron chi connectivity index (χ2n) is 4.59. The Labute approximate surface area is 108 Å². The number of carboxylic acid groups (broad SMARTS) is 1. The Morgan fingerprint density at radius 1 is 1.39 bits per heavy atom. The van der Waals surface area contributed by atoms with Crippen molar-refractivity contribution in [3.8, 4) is 0 Å². The van der Waals surface area contributed by atoms with Crippen molar-refractivity contribution in [3.05, 3.63) is 28.7 Å². The number of fused-ring (bicyclic) bond motifs is 1. The fourth-order valence-electron chi connectivity index (χ4n) is 2.49. The quantitative estimate of drug-likeness (QED) is 0.848. The molecular formula is C12H12ClN3O2. The molecule has 2 aromatic heterocycles. The molecule has 0 bridgehead atoms. The number of aromatic nitrogens is 3. The maximum Gasteiger partial charge on any atom is 0.356 e. The van der Waals surface area contributed by atoms with E-state index >= 15 is 0 Å². The van der Waals surface area contributed by atoms with Crippen molar-refractivity contribution in [1.29, 1.82) is 0 Å². The lowest BCUT2D eigenvalue weighted by molar-refractivity contribution is 0.0690. The molecule has 0 saturated heterocycles. The highest BCUT2D eigenvalue weighted by molar-refractivity contribution is 6.29. The highest BCUT2D eigenvalue weighted by Crippen LogP contribution is 2.34. The molecule has 1 aliphatic rings. The van der Waals surface area contributed by atoms with Gasteiger partial charge in [-0.15, -0.1) is 0 Å². The first-order valence-electron chi connectivity index (χ1n) is 5.94. The summed E-state index contributed by atoms with van der Waals surface area (Å²) in [6, 6.07) is 3.25. The standard InChI is InChI=1S/C12H12ClN3O2/c13-10-5-8(7-3-1-2-4-7)14-11-6-9(12(17)18)15-16(10)11/h5-7H,1-4H2,(H,17,18). The van der Waals surface area contributed by atoms with Crippen LogP contribution in [0.5, 0.6) is 0 Å². The van der Waals surface area contributed by atoms with Crippen LogP contribution in [0.3, 0.4) is 0 Å². The third kappa shape index (κ3) is 1.84. The highest BCUT2D eigenvalue weighted by atomic mass is 35.5. The number of hydrogen-bond donors (Lipinski definition) is 1. The van der Waals surface area contributed by atoms with Gasteiger partial charge in [0, 0.05) is 17.7 Å². The minimum absolute atomic E-state index is 0.0343. The van der Waals surface area contributed by atoms with Crippen LogP contribution in [0.1, 0.15) is 47.8 Å². The van der Waals surface area contributed by atoms with Crippen LogP contribution in [0.25, 0.3) is 5.65 Å². The first kappa shape index (κ1) is 11.5. The third-order valence-electron chi connectivity index (χ3n) is 3.40. The van der Waals surface area contributed by atoms with Crippen molar-refractivity contribution < 1.29 is 9.90 Å². The van der Waals surface area contributed by atoms with Crippen molar-refractivity contribution in [3.63, 3.8) is 0 Å². The lowest BCUT2D eigenvalue weighted by Gasteiger charge is -2.09. The smallest absolute Gasteiger partial charge is 0.356 e. The molecule has 94 valence electrons. The van der Waals surface area contributed by atoms with E-state index in [2.05, 4.69) is 10.1 Å². The van der Waals surface area contributed by atoms with Gasteiger partial charge in [0.05, 0.1) is 0 Å². The predicted molar refractivity (Wildman–Crippen MR) is 66.2 cm³/mol.